The molecule has 130 valence electrons. The molecule has 3 N–H and O–H groups in total. The highest BCUT2D eigenvalue weighted by Crippen LogP contribution is 2.31. The Morgan fingerprint density at radius 1 is 1.16 bits per heavy atom. The zero-order valence-electron chi connectivity index (χ0n) is 14.0. The van der Waals surface area contributed by atoms with Crippen molar-refractivity contribution in [1.82, 2.24) is 4.98 Å². The highest BCUT2D eigenvalue weighted by atomic mass is 16.5. The summed E-state index contributed by atoms with van der Waals surface area (Å²) in [6.07, 6.45) is 1.01. The zero-order chi connectivity index (χ0) is 18.2. The van der Waals surface area contributed by atoms with Crippen molar-refractivity contribution in [3.8, 4) is 5.75 Å². The first kappa shape index (κ1) is 18.1. The van der Waals surface area contributed by atoms with E-state index in [1.54, 1.807) is 36.4 Å². The molecule has 0 atom stereocenters. The van der Waals surface area contributed by atoms with Gasteiger partial charge < -0.3 is 15.8 Å². The third-order valence-electron chi connectivity index (χ3n) is 3.00. The molecule has 0 unspecified atom stereocenters. The summed E-state index contributed by atoms with van der Waals surface area (Å²) in [6.45, 7) is 3.25. The minimum absolute atomic E-state index is 0.205. The highest BCUT2D eigenvalue weighted by molar-refractivity contribution is 5.90. The maximum atomic E-state index is 11.7. The fourth-order valence-electron chi connectivity index (χ4n) is 1.92. The summed E-state index contributed by atoms with van der Waals surface area (Å²) in [7, 11) is 0. The number of amides is 1. The van der Waals surface area contributed by atoms with E-state index in [-0.39, 0.29) is 23.5 Å². The molecule has 0 aliphatic carbocycles. The van der Waals surface area contributed by atoms with E-state index < -0.39 is 0 Å². The smallest absolute Gasteiger partial charge is 0.311 e. The molecule has 1 amide bonds. The average Bonchev–Trinajstić information content (AvgIpc) is 2.55. The number of nitrogens with zero attached hydrogens (tertiary/aromatic N) is 3. The van der Waals surface area contributed by atoms with Crippen LogP contribution in [0.15, 0.2) is 46.6 Å². The van der Waals surface area contributed by atoms with E-state index in [0.717, 1.165) is 0 Å². The molecule has 0 fully saturated rings. The summed E-state index contributed by atoms with van der Waals surface area (Å²) >= 11 is 0. The molecule has 0 aliphatic rings. The van der Waals surface area contributed by atoms with Crippen molar-refractivity contribution in [3.05, 3.63) is 36.4 Å². The van der Waals surface area contributed by atoms with Crippen molar-refractivity contribution in [2.24, 2.45) is 10.2 Å². The van der Waals surface area contributed by atoms with Crippen molar-refractivity contribution in [2.75, 3.05) is 11.1 Å². The number of para-hydroxylation sites is 1. The van der Waals surface area contributed by atoms with E-state index in [1.165, 1.54) is 6.92 Å². The minimum Gasteiger partial charge on any atom is -0.424 e. The molecular formula is C17H19N5O3. The number of pyridine rings is 1. The van der Waals surface area contributed by atoms with Crippen molar-refractivity contribution in [3.63, 3.8) is 0 Å². The van der Waals surface area contributed by atoms with Gasteiger partial charge in [0, 0.05) is 13.3 Å². The van der Waals surface area contributed by atoms with Crippen molar-refractivity contribution < 1.29 is 14.3 Å². The predicted molar refractivity (Wildman–Crippen MR) is 94.1 cm³/mol. The maximum absolute atomic E-state index is 11.7. The number of hydrogen-bond donors (Lipinski definition) is 2. The van der Waals surface area contributed by atoms with Gasteiger partial charge in [0.1, 0.15) is 17.2 Å². The summed E-state index contributed by atoms with van der Waals surface area (Å²) in [6, 6.07) is 9.93. The van der Waals surface area contributed by atoms with Crippen LogP contribution in [0.2, 0.25) is 0 Å². The van der Waals surface area contributed by atoms with Gasteiger partial charge in [0.25, 0.3) is 0 Å². The van der Waals surface area contributed by atoms with Gasteiger partial charge in [-0.05, 0) is 30.7 Å². The Morgan fingerprint density at radius 2 is 1.88 bits per heavy atom. The number of esters is 1. The van der Waals surface area contributed by atoms with Gasteiger partial charge in [-0.2, -0.15) is 0 Å². The number of nitrogens with two attached hydrogens (primary N) is 1. The molecular weight excluding hydrogens is 322 g/mol. The second kappa shape index (κ2) is 8.53. The number of hydrogen-bond acceptors (Lipinski definition) is 7. The first-order chi connectivity index (χ1) is 12.0. The van der Waals surface area contributed by atoms with Crippen LogP contribution < -0.4 is 15.8 Å². The lowest BCUT2D eigenvalue weighted by atomic mass is 10.3. The van der Waals surface area contributed by atoms with E-state index in [9.17, 15) is 9.59 Å². The van der Waals surface area contributed by atoms with Crippen LogP contribution in [-0.4, -0.2) is 16.9 Å². The first-order valence-electron chi connectivity index (χ1n) is 7.75. The molecule has 0 bridgehead atoms. The van der Waals surface area contributed by atoms with Gasteiger partial charge in [-0.25, -0.2) is 4.98 Å². The topological polar surface area (TPSA) is 119 Å². The van der Waals surface area contributed by atoms with E-state index >= 15 is 0 Å². The number of aromatic nitrogens is 1. The summed E-state index contributed by atoms with van der Waals surface area (Å²) in [5.74, 6) is 0.129. The lowest BCUT2D eigenvalue weighted by Crippen LogP contribution is -2.08. The predicted octanol–water partition coefficient (Wildman–Crippen LogP) is 3.74. The number of carbonyl (C=O) groups excluding carboxylic acids is 2. The number of nitrogen functional groups attached to an aromatic ring is 1. The number of ether oxygens (including phenoxy) is 1. The SMILES string of the molecule is CCCC(=O)Oc1ccccc1N=Nc1ccc(N)nc1NC(C)=O. The number of carbonyl (C=O) groups is 2. The molecule has 1 aromatic carbocycles. The largest absolute Gasteiger partial charge is 0.424 e. The van der Waals surface area contributed by atoms with Crippen LogP contribution >= 0.6 is 0 Å². The summed E-state index contributed by atoms with van der Waals surface area (Å²) in [4.78, 5) is 27.0. The Bertz CT molecular complexity index is 805. The second-order valence-electron chi connectivity index (χ2n) is 5.18. The van der Waals surface area contributed by atoms with Crippen LogP contribution in [0, 0.1) is 0 Å². The van der Waals surface area contributed by atoms with Crippen LogP contribution in [0.4, 0.5) is 23.0 Å². The van der Waals surface area contributed by atoms with Gasteiger partial charge in [-0.15, -0.1) is 10.2 Å². The van der Waals surface area contributed by atoms with Gasteiger partial charge in [0.05, 0.1) is 0 Å². The molecule has 25 heavy (non-hydrogen) atoms. The quantitative estimate of drug-likeness (QED) is 0.471. The molecule has 1 heterocycles. The van der Waals surface area contributed by atoms with Gasteiger partial charge in [-0.1, -0.05) is 19.1 Å². The minimum atomic E-state index is -0.335. The number of nitrogens with one attached hydrogen (secondary N) is 1. The van der Waals surface area contributed by atoms with Crippen molar-refractivity contribution >= 4 is 34.9 Å². The fourth-order valence-corrected chi connectivity index (χ4v) is 1.92. The van der Waals surface area contributed by atoms with Crippen molar-refractivity contribution in [2.45, 2.75) is 26.7 Å². The molecule has 0 spiro atoms. The van der Waals surface area contributed by atoms with Gasteiger partial charge in [-0.3, -0.25) is 9.59 Å². The van der Waals surface area contributed by atoms with Crippen molar-refractivity contribution in [1.29, 1.82) is 0 Å². The third kappa shape index (κ3) is 5.38. The third-order valence-corrected chi connectivity index (χ3v) is 3.00. The Labute approximate surface area is 145 Å². The average molecular weight is 341 g/mol. The summed E-state index contributed by atoms with van der Waals surface area (Å²) in [5, 5.41) is 10.7. The monoisotopic (exact) mass is 341 g/mol. The molecule has 2 aromatic rings. The first-order valence-corrected chi connectivity index (χ1v) is 7.75. The number of rotatable bonds is 6. The molecule has 1 aromatic heterocycles. The fraction of sp³-hybridized carbons (Fsp3) is 0.235. The summed E-state index contributed by atoms with van der Waals surface area (Å²) < 4.78 is 5.29. The molecule has 2 rings (SSSR count). The maximum Gasteiger partial charge on any atom is 0.311 e. The number of benzene rings is 1. The Kier molecular flexibility index (Phi) is 6.16. The normalized spacial score (nSPS) is 10.6. The second-order valence-corrected chi connectivity index (χ2v) is 5.18. The zero-order valence-corrected chi connectivity index (χ0v) is 14.0. The Morgan fingerprint density at radius 3 is 2.60 bits per heavy atom. The van der Waals surface area contributed by atoms with Gasteiger partial charge in [0.15, 0.2) is 11.6 Å². The summed E-state index contributed by atoms with van der Waals surface area (Å²) in [5.41, 5.74) is 6.34. The molecule has 0 radical (unpaired) electrons. The number of azo groups is 1. The van der Waals surface area contributed by atoms with E-state index in [2.05, 4.69) is 20.5 Å². The van der Waals surface area contributed by atoms with Crippen LogP contribution in [0.1, 0.15) is 26.7 Å². The molecule has 8 heteroatoms. The highest BCUT2D eigenvalue weighted by Gasteiger charge is 2.09. The molecule has 8 nitrogen and oxygen atoms in total. The van der Waals surface area contributed by atoms with E-state index in [0.29, 0.717) is 30.0 Å². The lowest BCUT2D eigenvalue weighted by molar-refractivity contribution is -0.134. The van der Waals surface area contributed by atoms with Crippen LogP contribution in [-0.2, 0) is 9.59 Å². The number of anilines is 2. The molecule has 0 saturated carbocycles. The van der Waals surface area contributed by atoms with E-state index in [4.69, 9.17) is 10.5 Å². The standard InChI is InChI=1S/C17H19N5O3/c1-3-6-16(24)25-14-8-5-4-7-12(14)21-22-13-9-10-15(18)20-17(13)19-11(2)23/h4-5,7-10H,3,6H2,1-2H3,(H3,18,19,20,23). The van der Waals surface area contributed by atoms with Crippen LogP contribution in [0.5, 0.6) is 5.75 Å². The lowest BCUT2D eigenvalue weighted by Gasteiger charge is -2.07. The van der Waals surface area contributed by atoms with Crippen LogP contribution in [0.25, 0.3) is 0 Å². The molecule has 0 aliphatic heterocycles. The molecule has 0 saturated heterocycles. The van der Waals surface area contributed by atoms with Gasteiger partial charge >= 0.3 is 5.97 Å². The Hall–Kier alpha value is -3.29. The van der Waals surface area contributed by atoms with E-state index in [1.807, 2.05) is 6.92 Å². The van der Waals surface area contributed by atoms with Crippen LogP contribution in [0.3, 0.4) is 0 Å². The Balaban J connectivity index is 2.28. The van der Waals surface area contributed by atoms with Gasteiger partial charge in [0.2, 0.25) is 5.91 Å².